The predicted octanol–water partition coefficient (Wildman–Crippen LogP) is 6.53. The van der Waals surface area contributed by atoms with Gasteiger partial charge in [0.25, 0.3) is 8.32 Å². The van der Waals surface area contributed by atoms with Crippen molar-refractivity contribution in [2.45, 2.75) is 38.8 Å². The fourth-order valence-electron chi connectivity index (χ4n) is 8.90. The monoisotopic (exact) mass is 899 g/mol. The molecule has 1 aromatic heterocycles. The molecule has 15 heteroatoms. The zero-order chi connectivity index (χ0) is 44.3. The van der Waals surface area contributed by atoms with Crippen LogP contribution in [0.1, 0.15) is 27.7 Å². The Balaban J connectivity index is 1.04. The van der Waals surface area contributed by atoms with Crippen LogP contribution >= 0.6 is 6.83 Å². The van der Waals surface area contributed by atoms with Gasteiger partial charge in [-0.2, -0.15) is 0 Å². The number of nitrogens with one attached hydrogen (secondary N) is 1. The van der Waals surface area contributed by atoms with Crippen LogP contribution in [0.3, 0.4) is 0 Å². The van der Waals surface area contributed by atoms with Gasteiger partial charge in [-0.3, -0.25) is 4.79 Å². The Hall–Kier alpha value is -5.99. The molecule has 8 rings (SSSR count). The molecule has 2 aliphatic heterocycles. The third kappa shape index (κ3) is 7.99. The SMILES string of the molecule is C/C=C/P(OS(=O)(=O)ON1C(=O)N2CC(n3ccc(NC(=O)CO[Si](c4ccccc4)(c4ccccc4)C(C)(C)C)n3)=CC1C2)(c1ccccc1)(c1ccccc1)c1ccccc1. The molecule has 1 fully saturated rings. The van der Waals surface area contributed by atoms with E-state index in [1.54, 1.807) is 29.1 Å². The maximum absolute atomic E-state index is 14.6. The summed E-state index contributed by atoms with van der Waals surface area (Å²) in [7, 11) is -7.96. The van der Waals surface area contributed by atoms with E-state index in [1.165, 1.54) is 4.90 Å². The summed E-state index contributed by atoms with van der Waals surface area (Å²) in [6.45, 7) is 3.82. The number of hydrogen-bond acceptors (Lipinski definition) is 8. The van der Waals surface area contributed by atoms with E-state index in [4.69, 9.17) is 12.7 Å². The van der Waals surface area contributed by atoms with Gasteiger partial charge in [0.15, 0.2) is 0 Å². The first kappa shape index (κ1) is 43.6. The van der Waals surface area contributed by atoms with Crippen LogP contribution in [0.4, 0.5) is 10.6 Å². The second-order valence-corrected chi connectivity index (χ2v) is 26.4. The molecule has 12 nitrogen and oxygen atoms in total. The van der Waals surface area contributed by atoms with Crippen molar-refractivity contribution in [3.05, 3.63) is 182 Å². The molecule has 324 valence electrons. The van der Waals surface area contributed by atoms with E-state index in [9.17, 15) is 18.0 Å². The summed E-state index contributed by atoms with van der Waals surface area (Å²) in [6.07, 6.45) is 5.20. The first-order valence-corrected chi connectivity index (χ1v) is 26.1. The molecule has 1 atom stereocenters. The number of aromatic nitrogens is 2. The number of urea groups is 1. The number of rotatable bonds is 15. The van der Waals surface area contributed by atoms with Gasteiger partial charge in [0.2, 0.25) is 0 Å². The Labute approximate surface area is 369 Å². The molecule has 63 heavy (non-hydrogen) atoms. The summed E-state index contributed by atoms with van der Waals surface area (Å²) >= 11 is 0. The third-order valence-electron chi connectivity index (χ3n) is 11.6. The van der Waals surface area contributed by atoms with Gasteiger partial charge in [0.1, 0.15) is 6.61 Å². The van der Waals surface area contributed by atoms with Crippen LogP contribution in [0, 0.1) is 0 Å². The molecule has 5 aromatic carbocycles. The van der Waals surface area contributed by atoms with Gasteiger partial charge < -0.3 is 4.43 Å². The molecular formula is C48H50N5O7PSSi. The van der Waals surface area contributed by atoms with Crippen LogP contribution < -0.4 is 31.6 Å². The molecule has 0 saturated carbocycles. The molecule has 1 saturated heterocycles. The van der Waals surface area contributed by atoms with E-state index >= 15 is 0 Å². The number of carbonyl (C=O) groups is 2. The van der Waals surface area contributed by atoms with E-state index in [1.807, 2.05) is 140 Å². The van der Waals surface area contributed by atoms with Crippen molar-refractivity contribution in [2.75, 3.05) is 25.0 Å². The average Bonchev–Trinajstić information content (AvgIpc) is 3.85. The molecule has 0 radical (unpaired) electrons. The summed E-state index contributed by atoms with van der Waals surface area (Å²) in [4.78, 5) is 28.9. The molecule has 0 aliphatic carbocycles. The Bertz CT molecular complexity index is 2610. The summed E-state index contributed by atoms with van der Waals surface area (Å²) in [6, 6.07) is 48.1. The second kappa shape index (κ2) is 17.3. The van der Waals surface area contributed by atoms with Crippen molar-refractivity contribution in [2.24, 2.45) is 0 Å². The number of allylic oxidation sites excluding steroid dienone is 1. The second-order valence-electron chi connectivity index (χ2n) is 16.5. The Morgan fingerprint density at radius 2 is 1.29 bits per heavy atom. The molecule has 6 aromatic rings. The molecule has 2 bridgehead atoms. The number of benzene rings is 5. The van der Waals surface area contributed by atoms with Crippen LogP contribution in [0.25, 0.3) is 5.70 Å². The van der Waals surface area contributed by atoms with Crippen molar-refractivity contribution >= 4 is 75.3 Å². The summed E-state index contributed by atoms with van der Waals surface area (Å²) in [5, 5.41) is 12.0. The van der Waals surface area contributed by atoms with Gasteiger partial charge in [-0.25, -0.2) is 0 Å². The Morgan fingerprint density at radius 3 is 1.76 bits per heavy atom. The Morgan fingerprint density at radius 1 is 0.794 bits per heavy atom. The number of carbonyl (C=O) groups excluding carboxylic acids is 2. The van der Waals surface area contributed by atoms with Crippen LogP contribution in [0.2, 0.25) is 5.04 Å². The average molecular weight is 900 g/mol. The zero-order valence-electron chi connectivity index (χ0n) is 35.5. The van der Waals surface area contributed by atoms with Crippen molar-refractivity contribution in [3.8, 4) is 0 Å². The normalized spacial score (nSPS) is 16.4. The molecular weight excluding hydrogens is 850 g/mol. The van der Waals surface area contributed by atoms with E-state index < -0.39 is 37.6 Å². The molecule has 1 unspecified atom stereocenters. The van der Waals surface area contributed by atoms with Gasteiger partial charge in [-0.05, 0) is 15.4 Å². The minimum absolute atomic E-state index is 0.109. The first-order chi connectivity index (χ1) is 30.3. The van der Waals surface area contributed by atoms with Crippen molar-refractivity contribution < 1.29 is 30.7 Å². The van der Waals surface area contributed by atoms with Gasteiger partial charge in [-0.15, -0.1) is 0 Å². The molecule has 3 amide bonds. The maximum atomic E-state index is 14.6. The number of amides is 3. The molecule has 1 N–H and O–H groups in total. The fraction of sp³-hybridized carbons (Fsp3) is 0.188. The van der Waals surface area contributed by atoms with E-state index in [0.29, 0.717) is 21.6 Å². The van der Waals surface area contributed by atoms with E-state index in [0.717, 1.165) is 15.4 Å². The number of hydroxylamine groups is 2. The van der Waals surface area contributed by atoms with Crippen LogP contribution in [-0.4, -0.2) is 74.2 Å². The van der Waals surface area contributed by atoms with Gasteiger partial charge in [-0.1, -0.05) is 81.4 Å². The third-order valence-corrected chi connectivity index (χ3v) is 23.7. The number of anilines is 1. The van der Waals surface area contributed by atoms with Gasteiger partial charge in [0.05, 0.1) is 0 Å². The number of hydrogen-bond donors (Lipinski definition) is 1. The number of fused-ring (bicyclic) bond motifs is 2. The van der Waals surface area contributed by atoms with E-state index in [-0.39, 0.29) is 36.5 Å². The van der Waals surface area contributed by atoms with Crippen molar-refractivity contribution in [1.82, 2.24) is 19.7 Å². The van der Waals surface area contributed by atoms with E-state index in [2.05, 4.69) is 55.5 Å². The predicted molar refractivity (Wildman–Crippen MR) is 252 cm³/mol. The topological polar surface area (TPSA) is 132 Å². The molecule has 3 heterocycles. The van der Waals surface area contributed by atoms with Crippen LogP contribution in [0.5, 0.6) is 0 Å². The standard InChI is InChI=1S/C48H50N5O7PSSi/c1-5-33-61(40-21-11-6-12-22-40,41-23-13-7-14-24-41,42-25-15-8-16-26-42)60-62(56,57)59-53-39-34-38(35-51(36-39)47(53)55)52-32-31-45(50-52)49-46(54)37-58-63(48(2,3)4,43-27-17-9-18-28-43)44-29-19-10-20-30-44/h5-34,39H,35-37H2,1-4H3,(H,49,50,54)/b33-5+. The Kier molecular flexibility index (Phi) is 12.0. The quantitative estimate of drug-likeness (QED) is 0.0910. The van der Waals surface area contributed by atoms with Crippen LogP contribution in [0.15, 0.2) is 182 Å². The van der Waals surface area contributed by atoms with Crippen molar-refractivity contribution in [3.63, 3.8) is 0 Å². The fourth-order valence-corrected chi connectivity index (χ4v) is 20.9. The first-order valence-electron chi connectivity index (χ1n) is 20.7. The van der Waals surface area contributed by atoms with Gasteiger partial charge in [0, 0.05) is 0 Å². The van der Waals surface area contributed by atoms with Crippen LogP contribution in [-0.2, 0) is 27.9 Å². The summed E-state index contributed by atoms with van der Waals surface area (Å²) < 4.78 is 49.9. The van der Waals surface area contributed by atoms with Gasteiger partial charge >= 0.3 is 250 Å². The van der Waals surface area contributed by atoms with Crippen molar-refractivity contribution in [1.29, 1.82) is 0 Å². The summed E-state index contributed by atoms with van der Waals surface area (Å²) in [5.74, 6) is 1.74. The molecule has 2 aliphatic rings. The number of nitrogens with zero attached hydrogens (tertiary/aromatic N) is 4. The minimum atomic E-state index is -4.99. The zero-order valence-corrected chi connectivity index (χ0v) is 38.2. The summed E-state index contributed by atoms with van der Waals surface area (Å²) in [5.41, 5.74) is 0.583. The molecule has 0 spiro atoms.